The fourth-order valence-electron chi connectivity index (χ4n) is 1.52. The first-order valence-electron chi connectivity index (χ1n) is 5.97. The van der Waals surface area contributed by atoms with Gasteiger partial charge in [-0.1, -0.05) is 0 Å². The molecule has 0 aliphatic carbocycles. The quantitative estimate of drug-likeness (QED) is 0.372. The van der Waals surface area contributed by atoms with Crippen LogP contribution in [0.3, 0.4) is 0 Å². The second kappa shape index (κ2) is 5.49. The van der Waals surface area contributed by atoms with Gasteiger partial charge < -0.3 is 17.3 Å². The first-order valence-corrected chi connectivity index (χ1v) is 5.97. The molecule has 0 aromatic heterocycles. The third-order valence-electron chi connectivity index (χ3n) is 2.58. The maximum atomic E-state index is 9.75. The van der Waals surface area contributed by atoms with Gasteiger partial charge in [-0.25, -0.2) is 0 Å². The lowest BCUT2D eigenvalue weighted by molar-refractivity contribution is -0.584. The standard InChI is InChI=1S/C11H23N2.BF4/c1-10(2,3)12-7-8-13(9-12)11(4,5)6;2-1(3,4)5/h9H,7-8H2,1-6H3;/q+1;-1. The lowest BCUT2D eigenvalue weighted by atomic mass is 10.1. The van der Waals surface area contributed by atoms with Gasteiger partial charge in [0.1, 0.15) is 13.1 Å². The van der Waals surface area contributed by atoms with E-state index in [4.69, 9.17) is 0 Å². The van der Waals surface area contributed by atoms with Crippen molar-refractivity contribution in [3.05, 3.63) is 0 Å². The van der Waals surface area contributed by atoms with Gasteiger partial charge in [-0.05, 0) is 41.5 Å². The zero-order chi connectivity index (χ0) is 14.8. The van der Waals surface area contributed by atoms with Crippen molar-refractivity contribution in [2.24, 2.45) is 0 Å². The Bertz CT molecular complexity index is 294. The van der Waals surface area contributed by atoms with E-state index in [1.165, 1.54) is 0 Å². The summed E-state index contributed by atoms with van der Waals surface area (Å²) in [6.07, 6.45) is 2.28. The van der Waals surface area contributed by atoms with Gasteiger partial charge in [-0.15, -0.1) is 0 Å². The molecule has 1 aliphatic heterocycles. The average molecular weight is 270 g/mol. The predicted octanol–water partition coefficient (Wildman–Crippen LogP) is 3.24. The maximum absolute atomic E-state index is 9.75. The van der Waals surface area contributed by atoms with Crippen molar-refractivity contribution >= 4 is 13.6 Å². The van der Waals surface area contributed by atoms with E-state index >= 15 is 0 Å². The van der Waals surface area contributed by atoms with Crippen LogP contribution in [0.1, 0.15) is 41.5 Å². The van der Waals surface area contributed by atoms with E-state index in [2.05, 4.69) is 57.4 Å². The highest BCUT2D eigenvalue weighted by molar-refractivity contribution is 6.50. The molecule has 0 N–H and O–H groups in total. The fourth-order valence-corrected chi connectivity index (χ4v) is 1.52. The Hall–Kier alpha value is -0.745. The molecule has 1 aliphatic rings. The van der Waals surface area contributed by atoms with Crippen LogP contribution in [-0.2, 0) is 0 Å². The highest BCUT2D eigenvalue weighted by Gasteiger charge is 2.34. The van der Waals surface area contributed by atoms with Crippen molar-refractivity contribution in [2.45, 2.75) is 52.6 Å². The fraction of sp³-hybridized carbons (Fsp3) is 0.909. The molecule has 0 radical (unpaired) electrons. The molecule has 0 amide bonds. The molecule has 0 fully saturated rings. The van der Waals surface area contributed by atoms with Crippen molar-refractivity contribution in [3.8, 4) is 0 Å². The van der Waals surface area contributed by atoms with Gasteiger partial charge in [0, 0.05) is 0 Å². The van der Waals surface area contributed by atoms with Gasteiger partial charge in [-0.2, -0.15) is 0 Å². The van der Waals surface area contributed by atoms with Crippen LogP contribution in [0.5, 0.6) is 0 Å². The Morgan fingerprint density at radius 3 is 1.56 bits per heavy atom. The molecular formula is C11H23BF4N2. The Morgan fingerprint density at radius 2 is 1.39 bits per heavy atom. The summed E-state index contributed by atoms with van der Waals surface area (Å²) in [7, 11) is -6.00. The number of hydrogen-bond donors (Lipinski definition) is 0. The summed E-state index contributed by atoms with van der Waals surface area (Å²) in [6, 6.07) is 0. The van der Waals surface area contributed by atoms with Crippen LogP contribution in [0.15, 0.2) is 0 Å². The molecule has 108 valence electrons. The SMILES string of the molecule is CC(C)(C)N1C=[N+](C(C)(C)C)CC1.F[B-](F)(F)F. The molecule has 0 saturated carbocycles. The Kier molecular flexibility index (Phi) is 5.26. The summed E-state index contributed by atoms with van der Waals surface area (Å²) in [5.74, 6) is 0. The molecular weight excluding hydrogens is 247 g/mol. The molecule has 0 saturated heterocycles. The van der Waals surface area contributed by atoms with E-state index in [1.807, 2.05) is 0 Å². The van der Waals surface area contributed by atoms with E-state index in [9.17, 15) is 17.3 Å². The summed E-state index contributed by atoms with van der Waals surface area (Å²) in [6.45, 7) is 15.9. The molecule has 0 aromatic carbocycles. The van der Waals surface area contributed by atoms with Crippen molar-refractivity contribution < 1.29 is 21.8 Å². The molecule has 0 atom stereocenters. The second-order valence-electron chi connectivity index (χ2n) is 6.34. The van der Waals surface area contributed by atoms with E-state index in [0.717, 1.165) is 13.1 Å². The highest BCUT2D eigenvalue weighted by Crippen LogP contribution is 2.17. The smallest absolute Gasteiger partial charge is 0.418 e. The van der Waals surface area contributed by atoms with Gasteiger partial charge in [-0.3, -0.25) is 9.48 Å². The van der Waals surface area contributed by atoms with Gasteiger partial charge >= 0.3 is 7.25 Å². The normalized spacial score (nSPS) is 17.2. The summed E-state index contributed by atoms with van der Waals surface area (Å²) >= 11 is 0. The van der Waals surface area contributed by atoms with Crippen molar-refractivity contribution in [1.29, 1.82) is 0 Å². The van der Waals surface area contributed by atoms with Crippen LogP contribution in [0.25, 0.3) is 0 Å². The Labute approximate surface area is 107 Å². The summed E-state index contributed by atoms with van der Waals surface area (Å²) in [5, 5.41) is 0. The summed E-state index contributed by atoms with van der Waals surface area (Å²) < 4.78 is 41.4. The lowest BCUT2D eigenvalue weighted by Crippen LogP contribution is -2.39. The molecule has 0 aromatic rings. The zero-order valence-electron chi connectivity index (χ0n) is 12.0. The van der Waals surface area contributed by atoms with Crippen LogP contribution in [0.2, 0.25) is 0 Å². The molecule has 0 spiro atoms. The molecule has 1 heterocycles. The largest absolute Gasteiger partial charge is 0.673 e. The molecule has 0 unspecified atom stereocenters. The topological polar surface area (TPSA) is 6.25 Å². The Balaban J connectivity index is 0.000000494. The third kappa shape index (κ3) is 7.56. The molecule has 0 bridgehead atoms. The second-order valence-corrected chi connectivity index (χ2v) is 6.34. The van der Waals surface area contributed by atoms with Crippen LogP contribution in [-0.4, -0.2) is 47.2 Å². The highest BCUT2D eigenvalue weighted by atomic mass is 19.5. The number of nitrogens with zero attached hydrogens (tertiary/aromatic N) is 2. The maximum Gasteiger partial charge on any atom is 0.673 e. The van der Waals surface area contributed by atoms with Gasteiger partial charge in [0.2, 0.25) is 6.34 Å². The van der Waals surface area contributed by atoms with Crippen molar-refractivity contribution in [1.82, 2.24) is 4.90 Å². The molecule has 1 rings (SSSR count). The minimum Gasteiger partial charge on any atom is -0.418 e. The molecule has 18 heavy (non-hydrogen) atoms. The first-order chi connectivity index (χ1) is 7.71. The van der Waals surface area contributed by atoms with Gasteiger partial charge in [0.15, 0.2) is 0 Å². The van der Waals surface area contributed by atoms with E-state index < -0.39 is 7.25 Å². The summed E-state index contributed by atoms with van der Waals surface area (Å²) in [5.41, 5.74) is 0.528. The van der Waals surface area contributed by atoms with Crippen LogP contribution >= 0.6 is 0 Å². The van der Waals surface area contributed by atoms with Crippen LogP contribution < -0.4 is 0 Å². The minimum atomic E-state index is -6.00. The third-order valence-corrected chi connectivity index (χ3v) is 2.58. The van der Waals surface area contributed by atoms with Crippen LogP contribution in [0, 0.1) is 0 Å². The Morgan fingerprint density at radius 1 is 1.00 bits per heavy atom. The lowest BCUT2D eigenvalue weighted by Gasteiger charge is -2.23. The van der Waals surface area contributed by atoms with Gasteiger partial charge in [0.25, 0.3) is 0 Å². The minimum absolute atomic E-state index is 0.264. The zero-order valence-corrected chi connectivity index (χ0v) is 12.0. The molecule has 7 heteroatoms. The number of halogens is 4. The van der Waals surface area contributed by atoms with E-state index in [0.29, 0.717) is 0 Å². The monoisotopic (exact) mass is 270 g/mol. The van der Waals surface area contributed by atoms with Crippen molar-refractivity contribution in [2.75, 3.05) is 13.1 Å². The first kappa shape index (κ1) is 17.3. The van der Waals surface area contributed by atoms with E-state index in [-0.39, 0.29) is 11.1 Å². The number of rotatable bonds is 0. The van der Waals surface area contributed by atoms with E-state index in [1.54, 1.807) is 0 Å². The van der Waals surface area contributed by atoms with Crippen LogP contribution in [0.4, 0.5) is 17.3 Å². The predicted molar refractivity (Wildman–Crippen MR) is 67.6 cm³/mol. The summed E-state index contributed by atoms with van der Waals surface area (Å²) in [4.78, 5) is 2.41. The van der Waals surface area contributed by atoms with Gasteiger partial charge in [0.05, 0.1) is 11.1 Å². The molecule has 2 nitrogen and oxygen atoms in total. The number of hydrogen-bond acceptors (Lipinski definition) is 1. The average Bonchev–Trinajstić information content (AvgIpc) is 2.43. The van der Waals surface area contributed by atoms with Crippen molar-refractivity contribution in [3.63, 3.8) is 0 Å².